The lowest BCUT2D eigenvalue weighted by Crippen LogP contribution is -1.82. The van der Waals surface area contributed by atoms with Gasteiger partial charge >= 0.3 is 0 Å². The Hall–Kier alpha value is -0.640. The Morgan fingerprint density at radius 1 is 1.67 bits per heavy atom. The van der Waals surface area contributed by atoms with Crippen LogP contribution in [0.2, 0.25) is 0 Å². The van der Waals surface area contributed by atoms with E-state index in [1.54, 1.807) is 6.21 Å². The Morgan fingerprint density at radius 2 is 2.33 bits per heavy atom. The average Bonchev–Trinajstić information content (AvgIpc) is 1.88. The molecule has 3 nitrogen and oxygen atoms in total. The fraction of sp³-hybridized carbons (Fsp3) is 0.400. The minimum absolute atomic E-state index is 0.632. The summed E-state index contributed by atoms with van der Waals surface area (Å²) in [4.78, 5) is 3.89. The lowest BCUT2D eigenvalue weighted by molar-refractivity contribution is 1.26. The molecule has 0 saturated carbocycles. The van der Waals surface area contributed by atoms with E-state index in [-0.39, 0.29) is 0 Å². The molecule has 0 saturated heterocycles. The van der Waals surface area contributed by atoms with Gasteiger partial charge in [0.15, 0.2) is 0 Å². The van der Waals surface area contributed by atoms with Gasteiger partial charge in [-0.3, -0.25) is 0 Å². The van der Waals surface area contributed by atoms with E-state index in [9.17, 15) is 0 Å². The fourth-order valence-corrected chi connectivity index (χ4v) is 0.640. The van der Waals surface area contributed by atoms with Crippen LogP contribution in [0.25, 0.3) is 0 Å². The van der Waals surface area contributed by atoms with Crippen LogP contribution in [-0.4, -0.2) is 24.4 Å². The van der Waals surface area contributed by atoms with Gasteiger partial charge in [-0.2, -0.15) is 5.10 Å². The van der Waals surface area contributed by atoms with Crippen molar-refractivity contribution >= 4 is 29.9 Å². The third kappa shape index (κ3) is 3.90. The lowest BCUT2D eigenvalue weighted by Gasteiger charge is -1.87. The molecule has 0 spiro atoms. The molecule has 4 heteroatoms. The Kier molecular flexibility index (Phi) is 5.11. The van der Waals surface area contributed by atoms with Crippen molar-refractivity contribution in [3.8, 4) is 0 Å². The monoisotopic (exact) mass is 143 g/mol. The maximum Gasteiger partial charge on any atom is 0.208 e. The second-order valence-electron chi connectivity index (χ2n) is 1.12. The van der Waals surface area contributed by atoms with Crippen LogP contribution in [0.4, 0.5) is 0 Å². The maximum absolute atomic E-state index is 3.89. The average molecular weight is 143 g/mol. The number of hydrogen-bond acceptors (Lipinski definition) is 3. The molecular weight excluding hydrogens is 134 g/mol. The number of amidine groups is 1. The molecular formula is C5H9N3S. The number of rotatable bonds is 1. The minimum atomic E-state index is 0.632. The van der Waals surface area contributed by atoms with Gasteiger partial charge in [0, 0.05) is 12.9 Å². The van der Waals surface area contributed by atoms with Crippen molar-refractivity contribution in [2.45, 2.75) is 6.92 Å². The number of nitrogens with zero attached hydrogens (tertiary/aromatic N) is 3. The summed E-state index contributed by atoms with van der Waals surface area (Å²) in [6.07, 6.45) is 3.55. The van der Waals surface area contributed by atoms with Gasteiger partial charge in [-0.15, -0.1) is 5.10 Å². The first-order valence-corrected chi connectivity index (χ1v) is 3.64. The summed E-state index contributed by atoms with van der Waals surface area (Å²) in [5.74, 6) is 0. The molecule has 50 valence electrons. The zero-order valence-electron chi connectivity index (χ0n) is 5.53. The highest BCUT2D eigenvalue weighted by Gasteiger charge is 1.86. The van der Waals surface area contributed by atoms with Crippen molar-refractivity contribution in [1.82, 2.24) is 0 Å². The van der Waals surface area contributed by atoms with Crippen LogP contribution in [0.15, 0.2) is 15.2 Å². The lowest BCUT2D eigenvalue weighted by atomic mass is 10.9. The van der Waals surface area contributed by atoms with Crippen molar-refractivity contribution < 1.29 is 0 Å². The van der Waals surface area contributed by atoms with Gasteiger partial charge < -0.3 is 0 Å². The second kappa shape index (κ2) is 5.50. The van der Waals surface area contributed by atoms with Crippen LogP contribution in [-0.2, 0) is 0 Å². The smallest absolute Gasteiger partial charge is 0.208 e. The highest BCUT2D eigenvalue weighted by molar-refractivity contribution is 8.13. The first-order chi connectivity index (χ1) is 4.35. The van der Waals surface area contributed by atoms with Gasteiger partial charge in [-0.25, -0.2) is 4.99 Å². The highest BCUT2D eigenvalue weighted by Crippen LogP contribution is 1.98. The van der Waals surface area contributed by atoms with Gasteiger partial charge in [-0.1, -0.05) is 11.8 Å². The van der Waals surface area contributed by atoms with Crippen molar-refractivity contribution in [2.24, 2.45) is 15.2 Å². The highest BCUT2D eigenvalue weighted by atomic mass is 32.2. The summed E-state index contributed by atoms with van der Waals surface area (Å²) in [6.45, 7) is 5.03. The number of thioether (sulfide) groups is 1. The summed E-state index contributed by atoms with van der Waals surface area (Å²) in [6, 6.07) is 0. The second-order valence-corrected chi connectivity index (χ2v) is 1.89. The van der Waals surface area contributed by atoms with Gasteiger partial charge in [0.1, 0.15) is 0 Å². The summed E-state index contributed by atoms with van der Waals surface area (Å²) in [5.41, 5.74) is 0. The van der Waals surface area contributed by atoms with Crippen molar-refractivity contribution in [2.75, 3.05) is 6.26 Å². The molecule has 0 atom stereocenters. The standard InChI is InChI=1S/C5H9N3S/c1-4-7-5(9-3)8-6-2/h4H,2H2,1,3H3/b7-4-,8-5+. The molecule has 0 aliphatic heterocycles. The summed E-state index contributed by atoms with van der Waals surface area (Å²) >= 11 is 1.44. The zero-order valence-corrected chi connectivity index (χ0v) is 6.35. The number of hydrogen-bond donors (Lipinski definition) is 0. The normalized spacial score (nSPS) is 12.4. The predicted octanol–water partition coefficient (Wildman–Crippen LogP) is 1.41. The Bertz CT molecular complexity index is 139. The molecule has 9 heavy (non-hydrogen) atoms. The molecule has 0 rings (SSSR count). The molecule has 0 fully saturated rings. The molecule has 0 unspecified atom stereocenters. The maximum atomic E-state index is 3.89. The van der Waals surface area contributed by atoms with Crippen LogP contribution >= 0.6 is 11.8 Å². The van der Waals surface area contributed by atoms with Gasteiger partial charge in [0.2, 0.25) is 5.17 Å². The van der Waals surface area contributed by atoms with E-state index < -0.39 is 0 Å². The first kappa shape index (κ1) is 8.36. The molecule has 0 aromatic carbocycles. The Balaban J connectivity index is 3.96. The molecule has 0 aliphatic carbocycles. The van der Waals surface area contributed by atoms with Crippen LogP contribution in [0.5, 0.6) is 0 Å². The molecule has 0 N–H and O–H groups in total. The predicted molar refractivity (Wildman–Crippen MR) is 44.7 cm³/mol. The van der Waals surface area contributed by atoms with Gasteiger partial charge in [0.25, 0.3) is 0 Å². The van der Waals surface area contributed by atoms with Crippen LogP contribution in [0.3, 0.4) is 0 Å². The van der Waals surface area contributed by atoms with E-state index in [1.165, 1.54) is 11.8 Å². The molecule has 0 aromatic rings. The molecule has 0 bridgehead atoms. The van der Waals surface area contributed by atoms with E-state index in [0.29, 0.717) is 5.17 Å². The van der Waals surface area contributed by atoms with Crippen molar-refractivity contribution in [3.63, 3.8) is 0 Å². The van der Waals surface area contributed by atoms with Crippen LogP contribution in [0, 0.1) is 0 Å². The van der Waals surface area contributed by atoms with E-state index >= 15 is 0 Å². The fourth-order valence-electron chi connectivity index (χ4n) is 0.290. The SMILES string of the molecule is C=N/N=C(\N=C/C)SC. The van der Waals surface area contributed by atoms with E-state index in [4.69, 9.17) is 0 Å². The quantitative estimate of drug-likeness (QED) is 0.310. The summed E-state index contributed by atoms with van der Waals surface area (Å²) < 4.78 is 0. The van der Waals surface area contributed by atoms with Crippen LogP contribution in [0.1, 0.15) is 6.92 Å². The molecule has 0 heterocycles. The molecule has 0 radical (unpaired) electrons. The number of aliphatic imine (C=N–C) groups is 1. The van der Waals surface area contributed by atoms with Gasteiger partial charge in [0.05, 0.1) is 0 Å². The third-order valence-corrected chi connectivity index (χ3v) is 1.13. The third-order valence-electron chi connectivity index (χ3n) is 0.578. The summed E-state index contributed by atoms with van der Waals surface area (Å²) in [5, 5.41) is 7.59. The van der Waals surface area contributed by atoms with Crippen molar-refractivity contribution in [1.29, 1.82) is 0 Å². The van der Waals surface area contributed by atoms with Crippen LogP contribution < -0.4 is 0 Å². The topological polar surface area (TPSA) is 37.1 Å². The van der Waals surface area contributed by atoms with Gasteiger partial charge in [-0.05, 0) is 13.2 Å². The minimum Gasteiger partial charge on any atom is -0.234 e. The molecule has 0 aliphatic rings. The Labute approximate surface area is 59.0 Å². The molecule has 0 aromatic heterocycles. The van der Waals surface area contributed by atoms with E-state index in [2.05, 4.69) is 21.9 Å². The van der Waals surface area contributed by atoms with E-state index in [1.807, 2.05) is 13.2 Å². The van der Waals surface area contributed by atoms with Crippen molar-refractivity contribution in [3.05, 3.63) is 0 Å². The summed E-state index contributed by atoms with van der Waals surface area (Å²) in [7, 11) is 0. The zero-order chi connectivity index (χ0) is 7.11. The first-order valence-electron chi connectivity index (χ1n) is 2.41. The van der Waals surface area contributed by atoms with E-state index in [0.717, 1.165) is 0 Å². The Morgan fingerprint density at radius 3 is 2.67 bits per heavy atom. The molecule has 0 amide bonds. The largest absolute Gasteiger partial charge is 0.234 e.